The smallest absolute Gasteiger partial charge is 0.251 e. The van der Waals surface area contributed by atoms with E-state index in [1.165, 1.54) is 32.1 Å². The molecular weight excluding hydrogens is 362 g/mol. The summed E-state index contributed by atoms with van der Waals surface area (Å²) in [5, 5.41) is 3.06. The van der Waals surface area contributed by atoms with Crippen LogP contribution in [-0.4, -0.2) is 59.5 Å². The van der Waals surface area contributed by atoms with Crippen LogP contribution in [0.3, 0.4) is 0 Å². The molecule has 0 spiro atoms. The predicted octanol–water partition coefficient (Wildman–Crippen LogP) is 3.35. The van der Waals surface area contributed by atoms with Gasteiger partial charge in [-0.05, 0) is 57.4 Å². The number of hydrogen-bond acceptors (Lipinski definition) is 5. The van der Waals surface area contributed by atoms with Crippen molar-refractivity contribution in [2.75, 3.05) is 37.6 Å². The number of rotatable bonds is 6. The molecule has 0 saturated carbocycles. The zero-order chi connectivity index (χ0) is 20.1. The van der Waals surface area contributed by atoms with E-state index in [4.69, 9.17) is 4.98 Å². The summed E-state index contributed by atoms with van der Waals surface area (Å²) in [6.45, 7) is 7.09. The maximum atomic E-state index is 12.5. The fourth-order valence-corrected chi connectivity index (χ4v) is 4.28. The lowest BCUT2D eigenvalue weighted by Gasteiger charge is -2.33. The van der Waals surface area contributed by atoms with Crippen molar-refractivity contribution in [3.05, 3.63) is 42.1 Å². The zero-order valence-corrected chi connectivity index (χ0v) is 17.3. The summed E-state index contributed by atoms with van der Waals surface area (Å²) in [5.74, 6) is 0.787. The van der Waals surface area contributed by atoms with Crippen molar-refractivity contribution in [3.63, 3.8) is 0 Å². The monoisotopic (exact) mass is 393 g/mol. The highest BCUT2D eigenvalue weighted by atomic mass is 16.1. The molecule has 2 fully saturated rings. The van der Waals surface area contributed by atoms with Crippen LogP contribution in [0.25, 0.3) is 11.3 Å². The Morgan fingerprint density at radius 2 is 1.83 bits per heavy atom. The van der Waals surface area contributed by atoms with E-state index >= 15 is 0 Å². The molecule has 2 aliphatic heterocycles. The molecular formula is C23H31N5O. The van der Waals surface area contributed by atoms with Gasteiger partial charge in [-0.2, -0.15) is 0 Å². The summed E-state index contributed by atoms with van der Waals surface area (Å²) in [6, 6.07) is 10.2. The Labute approximate surface area is 173 Å². The van der Waals surface area contributed by atoms with Crippen molar-refractivity contribution in [1.82, 2.24) is 20.2 Å². The molecule has 2 aromatic rings. The fraction of sp³-hybridized carbons (Fsp3) is 0.522. The van der Waals surface area contributed by atoms with Gasteiger partial charge in [-0.15, -0.1) is 0 Å². The largest absolute Gasteiger partial charge is 0.351 e. The number of likely N-dealkylation sites (tertiary alicyclic amines) is 1. The third kappa shape index (κ3) is 4.93. The number of nitrogens with one attached hydrogen (secondary N) is 1. The second-order valence-electron chi connectivity index (χ2n) is 8.15. The average molecular weight is 394 g/mol. The molecule has 1 amide bonds. The lowest BCUT2D eigenvalue weighted by molar-refractivity contribution is 0.0938. The number of carbonyl (C=O) groups is 1. The van der Waals surface area contributed by atoms with Gasteiger partial charge < -0.3 is 10.2 Å². The number of amides is 1. The third-order valence-corrected chi connectivity index (χ3v) is 6.10. The Bertz CT molecular complexity index is 816. The van der Waals surface area contributed by atoms with Gasteiger partial charge in [-0.3, -0.25) is 9.69 Å². The standard InChI is InChI=1S/C23H31N5O/c1-18-6-2-3-14-27(18)17-13-24-22(29)20-9-7-19(8-10-20)21-11-12-25-23(26-21)28-15-4-5-16-28/h7-12,18H,2-6,13-17H2,1H3,(H,24,29)/t18-/m1/s1. The van der Waals surface area contributed by atoms with E-state index < -0.39 is 0 Å². The molecule has 4 rings (SSSR count). The number of carbonyl (C=O) groups excluding carboxylic acids is 1. The summed E-state index contributed by atoms with van der Waals surface area (Å²) >= 11 is 0. The molecule has 0 unspecified atom stereocenters. The van der Waals surface area contributed by atoms with Gasteiger partial charge in [0.2, 0.25) is 5.95 Å². The van der Waals surface area contributed by atoms with E-state index in [0.717, 1.165) is 43.4 Å². The Morgan fingerprint density at radius 1 is 1.07 bits per heavy atom. The Kier molecular flexibility index (Phi) is 6.39. The van der Waals surface area contributed by atoms with Gasteiger partial charge in [-0.25, -0.2) is 9.97 Å². The lowest BCUT2D eigenvalue weighted by atomic mass is 10.0. The van der Waals surface area contributed by atoms with Crippen molar-refractivity contribution in [2.45, 2.75) is 45.1 Å². The van der Waals surface area contributed by atoms with Crippen LogP contribution in [0.2, 0.25) is 0 Å². The first-order chi connectivity index (χ1) is 14.2. The first-order valence-corrected chi connectivity index (χ1v) is 10.9. The minimum absolute atomic E-state index is 0.0124. The number of piperidine rings is 1. The van der Waals surface area contributed by atoms with E-state index in [9.17, 15) is 4.79 Å². The summed E-state index contributed by atoms with van der Waals surface area (Å²) in [6.07, 6.45) is 8.07. The van der Waals surface area contributed by atoms with Crippen molar-refractivity contribution in [3.8, 4) is 11.3 Å². The minimum Gasteiger partial charge on any atom is -0.351 e. The number of hydrogen-bond donors (Lipinski definition) is 1. The van der Waals surface area contributed by atoms with E-state index in [-0.39, 0.29) is 5.91 Å². The van der Waals surface area contributed by atoms with Crippen LogP contribution in [-0.2, 0) is 0 Å². The molecule has 6 heteroatoms. The number of aromatic nitrogens is 2. The van der Waals surface area contributed by atoms with E-state index in [0.29, 0.717) is 18.2 Å². The van der Waals surface area contributed by atoms with E-state index in [2.05, 4.69) is 27.0 Å². The highest BCUT2D eigenvalue weighted by molar-refractivity contribution is 5.94. The molecule has 1 atom stereocenters. The third-order valence-electron chi connectivity index (χ3n) is 6.10. The average Bonchev–Trinajstić information content (AvgIpc) is 3.30. The molecule has 3 heterocycles. The van der Waals surface area contributed by atoms with Crippen LogP contribution < -0.4 is 10.2 Å². The van der Waals surface area contributed by atoms with Gasteiger partial charge >= 0.3 is 0 Å². The number of benzene rings is 1. The fourth-order valence-electron chi connectivity index (χ4n) is 4.28. The molecule has 0 bridgehead atoms. The maximum absolute atomic E-state index is 12.5. The van der Waals surface area contributed by atoms with Crippen molar-refractivity contribution >= 4 is 11.9 Å². The van der Waals surface area contributed by atoms with Crippen LogP contribution in [0.15, 0.2) is 36.5 Å². The predicted molar refractivity (Wildman–Crippen MR) is 116 cm³/mol. The van der Waals surface area contributed by atoms with E-state index in [1.54, 1.807) is 0 Å². The molecule has 154 valence electrons. The first-order valence-electron chi connectivity index (χ1n) is 10.9. The summed E-state index contributed by atoms with van der Waals surface area (Å²) in [4.78, 5) is 26.3. The molecule has 29 heavy (non-hydrogen) atoms. The van der Waals surface area contributed by atoms with Gasteiger partial charge in [0.15, 0.2) is 0 Å². The second kappa shape index (κ2) is 9.35. The zero-order valence-electron chi connectivity index (χ0n) is 17.3. The van der Waals surface area contributed by atoms with Crippen LogP contribution in [0.1, 0.15) is 49.4 Å². The highest BCUT2D eigenvalue weighted by Crippen LogP contribution is 2.22. The van der Waals surface area contributed by atoms with Crippen LogP contribution in [0, 0.1) is 0 Å². The molecule has 6 nitrogen and oxygen atoms in total. The van der Waals surface area contributed by atoms with Gasteiger partial charge in [0.25, 0.3) is 5.91 Å². The van der Waals surface area contributed by atoms with Crippen LogP contribution in [0.4, 0.5) is 5.95 Å². The second-order valence-corrected chi connectivity index (χ2v) is 8.15. The Morgan fingerprint density at radius 3 is 2.59 bits per heavy atom. The molecule has 0 aliphatic carbocycles. The molecule has 1 aromatic heterocycles. The minimum atomic E-state index is -0.0124. The van der Waals surface area contributed by atoms with Crippen molar-refractivity contribution in [2.24, 2.45) is 0 Å². The summed E-state index contributed by atoms with van der Waals surface area (Å²) in [7, 11) is 0. The molecule has 0 radical (unpaired) electrons. The highest BCUT2D eigenvalue weighted by Gasteiger charge is 2.18. The number of anilines is 1. The Hall–Kier alpha value is -2.47. The lowest BCUT2D eigenvalue weighted by Crippen LogP contribution is -2.42. The Balaban J connectivity index is 1.34. The molecule has 1 N–H and O–H groups in total. The van der Waals surface area contributed by atoms with Crippen molar-refractivity contribution < 1.29 is 4.79 Å². The van der Waals surface area contributed by atoms with Gasteiger partial charge in [-0.1, -0.05) is 18.6 Å². The van der Waals surface area contributed by atoms with E-state index in [1.807, 2.05) is 36.5 Å². The van der Waals surface area contributed by atoms with Crippen LogP contribution >= 0.6 is 0 Å². The normalized spacial score (nSPS) is 20.0. The summed E-state index contributed by atoms with van der Waals surface area (Å²) in [5.41, 5.74) is 2.59. The quantitative estimate of drug-likeness (QED) is 0.816. The SMILES string of the molecule is C[C@@H]1CCCCN1CCNC(=O)c1ccc(-c2ccnc(N3CCCC3)n2)cc1. The summed E-state index contributed by atoms with van der Waals surface area (Å²) < 4.78 is 0. The topological polar surface area (TPSA) is 61.4 Å². The number of nitrogens with zero attached hydrogens (tertiary/aromatic N) is 4. The van der Waals surface area contributed by atoms with Crippen LogP contribution in [0.5, 0.6) is 0 Å². The van der Waals surface area contributed by atoms with Crippen molar-refractivity contribution in [1.29, 1.82) is 0 Å². The van der Waals surface area contributed by atoms with Gasteiger partial charge in [0.05, 0.1) is 5.69 Å². The first kappa shape index (κ1) is 19.8. The molecule has 2 saturated heterocycles. The van der Waals surface area contributed by atoms with Gasteiger partial charge in [0, 0.05) is 49.5 Å². The van der Waals surface area contributed by atoms with Gasteiger partial charge in [0.1, 0.15) is 0 Å². The molecule has 2 aliphatic rings. The molecule has 1 aromatic carbocycles. The maximum Gasteiger partial charge on any atom is 0.251 e.